The van der Waals surface area contributed by atoms with Crippen molar-refractivity contribution in [3.63, 3.8) is 0 Å². The van der Waals surface area contributed by atoms with E-state index in [0.717, 1.165) is 6.42 Å². The molecule has 0 aromatic carbocycles. The van der Waals surface area contributed by atoms with Crippen molar-refractivity contribution in [2.75, 3.05) is 6.67 Å². The first kappa shape index (κ1) is 16.5. The molecule has 4 bridgehead atoms. The van der Waals surface area contributed by atoms with Crippen LogP contribution in [0.3, 0.4) is 0 Å². The summed E-state index contributed by atoms with van der Waals surface area (Å²) in [6, 6.07) is 0. The maximum Gasteiger partial charge on any atom is 0.303 e. The Kier molecular flexibility index (Phi) is 3.99. The van der Waals surface area contributed by atoms with Crippen molar-refractivity contribution >= 4 is 10.1 Å². The summed E-state index contributed by atoms with van der Waals surface area (Å²) in [5.41, 5.74) is 0. The molecule has 3 nitrogen and oxygen atoms in total. The van der Waals surface area contributed by atoms with Gasteiger partial charge in [0.1, 0.15) is 6.67 Å². The average Bonchev–Trinajstić information content (AvgIpc) is 2.42. The summed E-state index contributed by atoms with van der Waals surface area (Å²) in [6.07, 6.45) is -2.83. The van der Waals surface area contributed by atoms with E-state index in [1.54, 1.807) is 0 Å². The van der Waals surface area contributed by atoms with Crippen molar-refractivity contribution in [1.82, 2.24) is 0 Å². The van der Waals surface area contributed by atoms with E-state index < -0.39 is 51.9 Å². The highest BCUT2D eigenvalue weighted by atomic mass is 32.2. The van der Waals surface area contributed by atoms with Gasteiger partial charge < -0.3 is 0 Å². The third kappa shape index (κ3) is 2.28. The van der Waals surface area contributed by atoms with Gasteiger partial charge in [-0.1, -0.05) is 0 Å². The second kappa shape index (κ2) is 5.33. The number of alkyl halides is 4. The molecule has 128 valence electrons. The number of hydrogen-bond acceptors (Lipinski definition) is 2. The van der Waals surface area contributed by atoms with Crippen molar-refractivity contribution < 1.29 is 30.5 Å². The lowest BCUT2D eigenvalue weighted by Crippen LogP contribution is -2.61. The molecule has 4 aliphatic carbocycles. The zero-order chi connectivity index (χ0) is 16.3. The van der Waals surface area contributed by atoms with Crippen LogP contribution in [0.15, 0.2) is 0 Å². The van der Waals surface area contributed by atoms with Crippen molar-refractivity contribution in [1.29, 1.82) is 0 Å². The second-order valence-electron chi connectivity index (χ2n) is 7.20. The molecule has 1 N–H and O–H groups in total. The smallest absolute Gasteiger partial charge is 0.283 e. The highest BCUT2D eigenvalue weighted by Crippen LogP contribution is 2.61. The first-order valence-corrected chi connectivity index (χ1v) is 9.12. The molecule has 0 amide bonds. The van der Waals surface area contributed by atoms with Crippen LogP contribution in [-0.4, -0.2) is 37.0 Å². The Labute approximate surface area is 127 Å². The van der Waals surface area contributed by atoms with Gasteiger partial charge in [0, 0.05) is 5.92 Å². The Morgan fingerprint density at radius 1 is 1.05 bits per heavy atom. The fourth-order valence-corrected chi connectivity index (χ4v) is 6.55. The van der Waals surface area contributed by atoms with Gasteiger partial charge in [-0.2, -0.15) is 8.42 Å². The van der Waals surface area contributed by atoms with Crippen molar-refractivity contribution in [3.05, 3.63) is 0 Å². The van der Waals surface area contributed by atoms with Gasteiger partial charge in [-0.3, -0.25) is 4.55 Å². The maximum absolute atomic E-state index is 15.3. The van der Waals surface area contributed by atoms with Gasteiger partial charge in [-0.15, -0.1) is 0 Å². The third-order valence-electron chi connectivity index (χ3n) is 5.92. The third-order valence-corrected chi connectivity index (χ3v) is 7.21. The molecule has 0 aromatic heterocycles. The average molecular weight is 344 g/mol. The summed E-state index contributed by atoms with van der Waals surface area (Å²) in [4.78, 5) is 0. The van der Waals surface area contributed by atoms with E-state index in [1.165, 1.54) is 0 Å². The summed E-state index contributed by atoms with van der Waals surface area (Å²) in [7, 11) is -5.51. The molecule has 22 heavy (non-hydrogen) atoms. The van der Waals surface area contributed by atoms with Crippen LogP contribution in [-0.2, 0) is 10.1 Å². The van der Waals surface area contributed by atoms with Gasteiger partial charge in [0.05, 0.1) is 0 Å². The lowest BCUT2D eigenvalue weighted by atomic mass is 9.50. The summed E-state index contributed by atoms with van der Waals surface area (Å²) >= 11 is 0. The van der Waals surface area contributed by atoms with Crippen LogP contribution in [0.25, 0.3) is 0 Å². The van der Waals surface area contributed by atoms with Crippen LogP contribution >= 0.6 is 0 Å². The zero-order valence-electron chi connectivity index (χ0n) is 12.0. The highest BCUT2D eigenvalue weighted by molar-refractivity contribution is 7.87. The standard InChI is InChI=1S/C14H20F4O3S/c15-6-11(16)13(17)14(18,22(19,20)21)12-9-2-7-1-8(4-9)5-10(12)3-7/h7-13H,1-6H2,(H,19,20,21). The molecule has 0 spiro atoms. The SMILES string of the molecule is O=S(=O)(O)C(F)(C(F)C(F)CF)C1C2CC3CC(C2)CC1C3. The lowest BCUT2D eigenvalue weighted by Gasteiger charge is -2.57. The van der Waals surface area contributed by atoms with Crippen molar-refractivity contribution in [3.8, 4) is 0 Å². The van der Waals surface area contributed by atoms with Crippen LogP contribution < -0.4 is 0 Å². The Morgan fingerprint density at radius 2 is 1.50 bits per heavy atom. The lowest BCUT2D eigenvalue weighted by molar-refractivity contribution is -0.113. The van der Waals surface area contributed by atoms with E-state index in [4.69, 9.17) is 0 Å². The Bertz CT molecular complexity index is 512. The van der Waals surface area contributed by atoms with Crippen molar-refractivity contribution in [2.24, 2.45) is 29.6 Å². The minimum atomic E-state index is -5.51. The molecule has 0 saturated heterocycles. The zero-order valence-corrected chi connectivity index (χ0v) is 12.8. The maximum atomic E-state index is 15.3. The summed E-state index contributed by atoms with van der Waals surface area (Å²) in [5, 5.41) is -3.76. The minimum Gasteiger partial charge on any atom is -0.283 e. The van der Waals surface area contributed by atoms with Gasteiger partial charge in [-0.05, 0) is 55.8 Å². The molecule has 4 saturated carbocycles. The molecule has 0 aromatic rings. The first-order valence-electron chi connectivity index (χ1n) is 7.68. The van der Waals surface area contributed by atoms with Crippen LogP contribution in [0.2, 0.25) is 0 Å². The second-order valence-corrected chi connectivity index (χ2v) is 8.78. The van der Waals surface area contributed by atoms with E-state index in [0.29, 0.717) is 37.5 Å². The Hall–Kier alpha value is -0.370. The number of halogens is 4. The van der Waals surface area contributed by atoms with Gasteiger partial charge in [0.15, 0.2) is 12.3 Å². The van der Waals surface area contributed by atoms with Crippen LogP contribution in [0.1, 0.15) is 32.1 Å². The molecule has 0 radical (unpaired) electrons. The predicted octanol–water partition coefficient (Wildman–Crippen LogP) is 3.26. The van der Waals surface area contributed by atoms with E-state index in [2.05, 4.69) is 0 Å². The van der Waals surface area contributed by atoms with Crippen LogP contribution in [0, 0.1) is 29.6 Å². The van der Waals surface area contributed by atoms with Crippen molar-refractivity contribution in [2.45, 2.75) is 49.4 Å². The molecule has 8 heteroatoms. The normalized spacial score (nSPS) is 42.9. The molecule has 3 atom stereocenters. The minimum absolute atomic E-state index is 0.366. The summed E-state index contributed by atoms with van der Waals surface area (Å²) in [6.45, 7) is -1.82. The van der Waals surface area contributed by atoms with E-state index in [-0.39, 0.29) is 0 Å². The monoisotopic (exact) mass is 344 g/mol. The molecule has 4 rings (SSSR count). The first-order chi connectivity index (χ1) is 10.2. The molecular weight excluding hydrogens is 324 g/mol. The largest absolute Gasteiger partial charge is 0.303 e. The summed E-state index contributed by atoms with van der Waals surface area (Å²) < 4.78 is 87.8. The summed E-state index contributed by atoms with van der Waals surface area (Å²) in [5.74, 6) is -1.36. The molecular formula is C14H20F4O3S. The van der Waals surface area contributed by atoms with Gasteiger partial charge in [-0.25, -0.2) is 17.6 Å². The quantitative estimate of drug-likeness (QED) is 0.615. The van der Waals surface area contributed by atoms with E-state index >= 15 is 4.39 Å². The van der Waals surface area contributed by atoms with Gasteiger partial charge >= 0.3 is 10.1 Å². The van der Waals surface area contributed by atoms with Gasteiger partial charge in [0.2, 0.25) is 0 Å². The number of hydrogen-bond donors (Lipinski definition) is 1. The van der Waals surface area contributed by atoms with Crippen LogP contribution in [0.5, 0.6) is 0 Å². The predicted molar refractivity (Wildman–Crippen MR) is 71.7 cm³/mol. The molecule has 0 aliphatic heterocycles. The fraction of sp³-hybridized carbons (Fsp3) is 1.00. The van der Waals surface area contributed by atoms with Crippen LogP contribution in [0.4, 0.5) is 17.6 Å². The molecule has 0 heterocycles. The molecule has 3 unspecified atom stereocenters. The molecule has 4 aliphatic rings. The fourth-order valence-electron chi connectivity index (χ4n) is 5.39. The Balaban J connectivity index is 2.00. The topological polar surface area (TPSA) is 54.4 Å². The van der Waals surface area contributed by atoms with E-state index in [9.17, 15) is 26.1 Å². The molecule has 4 fully saturated rings. The van der Waals surface area contributed by atoms with E-state index in [1.807, 2.05) is 0 Å². The van der Waals surface area contributed by atoms with Gasteiger partial charge in [0.25, 0.3) is 5.00 Å². The Morgan fingerprint density at radius 3 is 1.86 bits per heavy atom. The highest BCUT2D eigenvalue weighted by Gasteiger charge is 2.66. The number of rotatable bonds is 5.